The molecule has 0 amide bonds. The summed E-state index contributed by atoms with van der Waals surface area (Å²) in [6.45, 7) is 4.59. The van der Waals surface area contributed by atoms with Crippen molar-refractivity contribution in [2.75, 3.05) is 0 Å². The molecule has 0 atom stereocenters. The number of fused-ring (bicyclic) bond motifs is 6. The topological polar surface area (TPSA) is 0 Å². The maximum absolute atomic E-state index is 3.81. The van der Waals surface area contributed by atoms with Gasteiger partial charge >= 0.3 is 0 Å². The SMILES string of the molecule is Brc1cccc2c1-c1ccccc1C2(c1ccccc1)c1ccccc1.CC1(C)c2ccccc2-c2c(Br)cccc21. The number of halogens is 2. The van der Waals surface area contributed by atoms with Gasteiger partial charge < -0.3 is 0 Å². The minimum Gasteiger partial charge on any atom is -0.0622 e. The summed E-state index contributed by atoms with van der Waals surface area (Å²) in [6.07, 6.45) is 0. The molecule has 6 aromatic rings. The van der Waals surface area contributed by atoms with Gasteiger partial charge in [0.1, 0.15) is 0 Å². The van der Waals surface area contributed by atoms with Crippen LogP contribution in [0.3, 0.4) is 0 Å². The van der Waals surface area contributed by atoms with Gasteiger partial charge in [-0.1, -0.05) is 179 Å². The molecule has 0 unspecified atom stereocenters. The highest BCUT2D eigenvalue weighted by Crippen LogP contribution is 2.57. The third kappa shape index (κ3) is 4.00. The van der Waals surface area contributed by atoms with Gasteiger partial charge in [-0.3, -0.25) is 0 Å². The number of rotatable bonds is 2. The smallest absolute Gasteiger partial charge is 0.0622 e. The normalized spacial score (nSPS) is 14.6. The maximum atomic E-state index is 3.81. The van der Waals surface area contributed by atoms with Gasteiger partial charge in [0.05, 0.1) is 5.41 Å². The van der Waals surface area contributed by atoms with Gasteiger partial charge in [0.15, 0.2) is 0 Å². The highest BCUT2D eigenvalue weighted by molar-refractivity contribution is 9.11. The van der Waals surface area contributed by atoms with Crippen LogP contribution in [0.4, 0.5) is 0 Å². The van der Waals surface area contributed by atoms with Crippen molar-refractivity contribution in [1.29, 1.82) is 0 Å². The fourth-order valence-electron chi connectivity index (χ4n) is 7.16. The van der Waals surface area contributed by atoms with Crippen molar-refractivity contribution in [3.63, 3.8) is 0 Å². The van der Waals surface area contributed by atoms with Crippen LogP contribution in [-0.2, 0) is 10.8 Å². The number of hydrogen-bond acceptors (Lipinski definition) is 0. The van der Waals surface area contributed by atoms with Crippen molar-refractivity contribution >= 4 is 31.9 Å². The van der Waals surface area contributed by atoms with Crippen molar-refractivity contribution in [3.05, 3.63) is 188 Å². The third-order valence-corrected chi connectivity index (χ3v) is 10.3. The average molecular weight is 670 g/mol. The Morgan fingerprint density at radius 1 is 0.381 bits per heavy atom. The lowest BCUT2D eigenvalue weighted by Gasteiger charge is -2.33. The van der Waals surface area contributed by atoms with Crippen LogP contribution in [0.5, 0.6) is 0 Å². The van der Waals surface area contributed by atoms with Gasteiger partial charge in [0.25, 0.3) is 0 Å². The molecule has 0 spiro atoms. The Morgan fingerprint density at radius 3 is 1.36 bits per heavy atom. The first kappa shape index (κ1) is 27.1. The second-order valence-electron chi connectivity index (χ2n) is 11.5. The van der Waals surface area contributed by atoms with Gasteiger partial charge in [-0.05, 0) is 56.6 Å². The van der Waals surface area contributed by atoms with Crippen molar-refractivity contribution in [3.8, 4) is 22.3 Å². The molecule has 0 fully saturated rings. The highest BCUT2D eigenvalue weighted by Gasteiger charge is 2.46. The molecule has 2 heteroatoms. The fourth-order valence-corrected chi connectivity index (χ4v) is 8.32. The van der Waals surface area contributed by atoms with Crippen LogP contribution in [0, 0.1) is 0 Å². The number of hydrogen-bond donors (Lipinski definition) is 0. The van der Waals surface area contributed by atoms with Crippen molar-refractivity contribution in [1.82, 2.24) is 0 Å². The molecule has 8 rings (SSSR count). The molecule has 0 saturated heterocycles. The quantitative estimate of drug-likeness (QED) is 0.172. The van der Waals surface area contributed by atoms with Gasteiger partial charge in [-0.15, -0.1) is 0 Å². The van der Waals surface area contributed by atoms with E-state index in [-0.39, 0.29) is 10.8 Å². The summed E-state index contributed by atoms with van der Waals surface area (Å²) in [7, 11) is 0. The lowest BCUT2D eigenvalue weighted by atomic mass is 9.68. The van der Waals surface area contributed by atoms with E-state index in [1.54, 1.807) is 0 Å². The predicted molar refractivity (Wildman–Crippen MR) is 183 cm³/mol. The molecule has 0 aromatic heterocycles. The maximum Gasteiger partial charge on any atom is 0.0713 e. The fraction of sp³-hybridized carbons (Fsp3) is 0.100. The molecule has 0 nitrogen and oxygen atoms in total. The summed E-state index contributed by atoms with van der Waals surface area (Å²) < 4.78 is 2.35. The largest absolute Gasteiger partial charge is 0.0713 e. The first-order valence-corrected chi connectivity index (χ1v) is 15.9. The number of benzene rings is 6. The Kier molecular flexibility index (Phi) is 6.80. The summed E-state index contributed by atoms with van der Waals surface area (Å²) in [5.41, 5.74) is 13.3. The van der Waals surface area contributed by atoms with E-state index < -0.39 is 0 Å². The van der Waals surface area contributed by atoms with E-state index in [0.29, 0.717) is 0 Å². The highest BCUT2D eigenvalue weighted by atomic mass is 79.9. The van der Waals surface area contributed by atoms with E-state index >= 15 is 0 Å². The second-order valence-corrected chi connectivity index (χ2v) is 13.2. The van der Waals surface area contributed by atoms with Crippen LogP contribution in [-0.4, -0.2) is 0 Å². The molecule has 42 heavy (non-hydrogen) atoms. The molecular formula is C40H30Br2. The summed E-state index contributed by atoms with van der Waals surface area (Å²) in [6, 6.07) is 52.3. The zero-order chi connectivity index (χ0) is 28.9. The van der Waals surface area contributed by atoms with E-state index in [1.807, 2.05) is 0 Å². The van der Waals surface area contributed by atoms with Crippen LogP contribution >= 0.6 is 31.9 Å². The average Bonchev–Trinajstić information content (AvgIpc) is 3.47. The van der Waals surface area contributed by atoms with Crippen LogP contribution in [0.1, 0.15) is 47.2 Å². The van der Waals surface area contributed by atoms with Gasteiger partial charge in [-0.2, -0.15) is 0 Å². The van der Waals surface area contributed by atoms with E-state index in [9.17, 15) is 0 Å². The predicted octanol–water partition coefficient (Wildman–Crippen LogP) is 11.6. The lowest BCUT2D eigenvalue weighted by molar-refractivity contribution is 0.660. The van der Waals surface area contributed by atoms with E-state index in [4.69, 9.17) is 0 Å². The molecule has 0 aliphatic heterocycles. The van der Waals surface area contributed by atoms with Crippen molar-refractivity contribution in [2.45, 2.75) is 24.7 Å². The monoisotopic (exact) mass is 668 g/mol. The minimum atomic E-state index is -0.293. The summed E-state index contributed by atoms with van der Waals surface area (Å²) in [4.78, 5) is 0. The summed E-state index contributed by atoms with van der Waals surface area (Å²) >= 11 is 7.48. The van der Waals surface area contributed by atoms with Gasteiger partial charge in [-0.25, -0.2) is 0 Å². The Morgan fingerprint density at radius 2 is 0.786 bits per heavy atom. The van der Waals surface area contributed by atoms with Crippen molar-refractivity contribution in [2.24, 2.45) is 0 Å². The molecule has 2 aliphatic carbocycles. The second kappa shape index (κ2) is 10.5. The van der Waals surface area contributed by atoms with Gasteiger partial charge in [0.2, 0.25) is 0 Å². The standard InChI is InChI=1S/C25H17Br.C15H13Br/c26-23-17-9-16-22-24(23)20-14-7-8-15-21(20)25(22,18-10-3-1-4-11-18)19-12-5-2-6-13-19;1-15(2)11-7-4-3-6-10(11)14-12(15)8-5-9-13(14)16/h1-17H;3-9H,1-2H3. The van der Waals surface area contributed by atoms with Crippen LogP contribution in [0.15, 0.2) is 155 Å². The molecule has 0 N–H and O–H groups in total. The molecule has 0 heterocycles. The molecule has 0 bridgehead atoms. The zero-order valence-electron chi connectivity index (χ0n) is 23.6. The first-order chi connectivity index (χ1) is 20.5. The Balaban J connectivity index is 0.000000154. The van der Waals surface area contributed by atoms with Crippen LogP contribution in [0.25, 0.3) is 22.3 Å². The summed E-state index contributed by atoms with van der Waals surface area (Å²) in [5.74, 6) is 0. The van der Waals surface area contributed by atoms with E-state index in [1.165, 1.54) is 60.1 Å². The Bertz CT molecular complexity index is 1880. The Labute approximate surface area is 265 Å². The molecule has 2 aliphatic rings. The van der Waals surface area contributed by atoms with E-state index in [2.05, 4.69) is 191 Å². The third-order valence-electron chi connectivity index (χ3n) is 8.99. The molecule has 204 valence electrons. The summed E-state index contributed by atoms with van der Waals surface area (Å²) in [5, 5.41) is 0. The van der Waals surface area contributed by atoms with Crippen LogP contribution < -0.4 is 0 Å². The van der Waals surface area contributed by atoms with Crippen molar-refractivity contribution < 1.29 is 0 Å². The molecule has 0 radical (unpaired) electrons. The minimum absolute atomic E-state index is 0.121. The molecular weight excluding hydrogens is 640 g/mol. The zero-order valence-corrected chi connectivity index (χ0v) is 26.8. The van der Waals surface area contributed by atoms with Gasteiger partial charge in [0, 0.05) is 25.5 Å². The molecule has 6 aromatic carbocycles. The first-order valence-electron chi connectivity index (χ1n) is 14.3. The van der Waals surface area contributed by atoms with E-state index in [0.717, 1.165) is 4.47 Å². The Hall–Kier alpha value is -3.72. The lowest BCUT2D eigenvalue weighted by Crippen LogP contribution is -2.28. The molecule has 0 saturated carbocycles. The van der Waals surface area contributed by atoms with Crippen LogP contribution in [0.2, 0.25) is 0 Å².